The number of nitrogens with zero attached hydrogens (tertiary/aromatic N) is 4. The third-order valence-electron chi connectivity index (χ3n) is 5.01. The van der Waals surface area contributed by atoms with Gasteiger partial charge in [-0.2, -0.15) is 5.10 Å². The van der Waals surface area contributed by atoms with Crippen LogP contribution in [-0.4, -0.2) is 51.1 Å². The minimum atomic E-state index is 0.136. The molecule has 3 atom stereocenters. The van der Waals surface area contributed by atoms with Gasteiger partial charge in [0.15, 0.2) is 0 Å². The lowest BCUT2D eigenvalue weighted by molar-refractivity contribution is -0.0614. The van der Waals surface area contributed by atoms with Gasteiger partial charge in [0.2, 0.25) is 0 Å². The molecule has 0 amide bonds. The van der Waals surface area contributed by atoms with Crippen molar-refractivity contribution in [3.8, 4) is 0 Å². The van der Waals surface area contributed by atoms with Crippen LogP contribution >= 0.6 is 0 Å². The van der Waals surface area contributed by atoms with Gasteiger partial charge in [-0.25, -0.2) is 0 Å². The highest BCUT2D eigenvalue weighted by molar-refractivity contribution is 5.09. The highest BCUT2D eigenvalue weighted by Crippen LogP contribution is 2.33. The van der Waals surface area contributed by atoms with Crippen molar-refractivity contribution in [1.82, 2.24) is 19.7 Å². The predicted octanol–water partition coefficient (Wildman–Crippen LogP) is 1.76. The molecule has 1 saturated heterocycles. The number of aryl methyl sites for hydroxylation is 1. The van der Waals surface area contributed by atoms with Gasteiger partial charge in [0.1, 0.15) is 0 Å². The zero-order valence-electron chi connectivity index (χ0n) is 14.0. The first-order valence-corrected chi connectivity index (χ1v) is 8.63. The van der Waals surface area contributed by atoms with Gasteiger partial charge >= 0.3 is 0 Å². The summed E-state index contributed by atoms with van der Waals surface area (Å²) in [5.74, 6) is 0. The van der Waals surface area contributed by atoms with Gasteiger partial charge in [-0.1, -0.05) is 0 Å². The van der Waals surface area contributed by atoms with Crippen LogP contribution < -0.4 is 0 Å². The quantitative estimate of drug-likeness (QED) is 0.837. The summed E-state index contributed by atoms with van der Waals surface area (Å²) in [4.78, 5) is 6.56. The molecule has 2 bridgehead atoms. The summed E-state index contributed by atoms with van der Waals surface area (Å²) in [6, 6.07) is 4.43. The fraction of sp³-hybridized carbons (Fsp3) is 0.556. The lowest BCUT2D eigenvalue weighted by Gasteiger charge is -2.30. The zero-order valence-corrected chi connectivity index (χ0v) is 14.0. The summed E-state index contributed by atoms with van der Waals surface area (Å²) in [5.41, 5.74) is 2.41. The Bertz CT molecular complexity index is 660. The minimum absolute atomic E-state index is 0.136. The molecule has 2 fully saturated rings. The monoisotopic (exact) mass is 328 g/mol. The molecule has 3 heterocycles. The van der Waals surface area contributed by atoms with Crippen molar-refractivity contribution in [3.63, 3.8) is 0 Å². The first-order valence-electron chi connectivity index (χ1n) is 8.63. The predicted molar refractivity (Wildman–Crippen MR) is 89.2 cm³/mol. The molecule has 6 heteroatoms. The van der Waals surface area contributed by atoms with E-state index in [4.69, 9.17) is 9.47 Å². The van der Waals surface area contributed by atoms with E-state index in [1.807, 2.05) is 42.5 Å². The highest BCUT2D eigenvalue weighted by atomic mass is 16.5. The molecule has 0 aromatic carbocycles. The average molecular weight is 328 g/mol. The van der Waals surface area contributed by atoms with Gasteiger partial charge in [-0.05, 0) is 30.5 Å². The van der Waals surface area contributed by atoms with E-state index in [9.17, 15) is 0 Å². The van der Waals surface area contributed by atoms with Gasteiger partial charge in [-0.3, -0.25) is 14.6 Å². The zero-order chi connectivity index (χ0) is 16.4. The van der Waals surface area contributed by atoms with Gasteiger partial charge < -0.3 is 9.47 Å². The number of hydrogen-bond acceptors (Lipinski definition) is 5. The van der Waals surface area contributed by atoms with Crippen LogP contribution in [0.1, 0.15) is 24.0 Å². The second-order valence-corrected chi connectivity index (χ2v) is 6.68. The van der Waals surface area contributed by atoms with E-state index >= 15 is 0 Å². The standard InChI is InChI=1S/C18H24N4O2/c1-21-11-15(10-20-21)12-22-8-9-23-17-3-2-16(22)18(17)24-13-14-4-6-19-7-5-14/h4-7,10-11,16-18H,2-3,8-9,12-13H2,1H3/t16-,17-,18-/m0/s1. The summed E-state index contributed by atoms with van der Waals surface area (Å²) in [5, 5.41) is 4.28. The van der Waals surface area contributed by atoms with Crippen molar-refractivity contribution in [2.24, 2.45) is 7.05 Å². The van der Waals surface area contributed by atoms with Crippen LogP contribution in [-0.2, 0) is 29.7 Å². The Balaban J connectivity index is 1.45. The van der Waals surface area contributed by atoms with Crippen LogP contribution in [0.2, 0.25) is 0 Å². The van der Waals surface area contributed by atoms with E-state index in [-0.39, 0.29) is 12.2 Å². The van der Waals surface area contributed by atoms with Crippen LogP contribution in [0.5, 0.6) is 0 Å². The normalized spacial score (nSPS) is 27.3. The molecule has 2 aliphatic rings. The Hall–Kier alpha value is -1.76. The van der Waals surface area contributed by atoms with Crippen molar-refractivity contribution in [2.75, 3.05) is 13.2 Å². The average Bonchev–Trinajstić information content (AvgIpc) is 3.13. The van der Waals surface area contributed by atoms with Crippen molar-refractivity contribution in [1.29, 1.82) is 0 Å². The molecule has 1 saturated carbocycles. The lowest BCUT2D eigenvalue weighted by Crippen LogP contribution is -2.42. The molecule has 1 aliphatic carbocycles. The van der Waals surface area contributed by atoms with Crippen LogP contribution in [0.4, 0.5) is 0 Å². The van der Waals surface area contributed by atoms with Gasteiger partial charge in [0, 0.05) is 50.3 Å². The first-order chi connectivity index (χ1) is 11.8. The largest absolute Gasteiger partial charge is 0.374 e. The molecule has 1 aliphatic heterocycles. The van der Waals surface area contributed by atoms with Crippen molar-refractivity contribution < 1.29 is 9.47 Å². The first kappa shape index (κ1) is 15.7. The smallest absolute Gasteiger partial charge is 0.0995 e. The Kier molecular flexibility index (Phi) is 4.60. The lowest BCUT2D eigenvalue weighted by atomic mass is 10.1. The Morgan fingerprint density at radius 3 is 2.92 bits per heavy atom. The highest BCUT2D eigenvalue weighted by Gasteiger charge is 2.43. The Morgan fingerprint density at radius 2 is 2.12 bits per heavy atom. The molecule has 2 aromatic rings. The third kappa shape index (κ3) is 3.36. The van der Waals surface area contributed by atoms with Crippen LogP contribution in [0.25, 0.3) is 0 Å². The Morgan fingerprint density at radius 1 is 1.25 bits per heavy atom. The van der Waals surface area contributed by atoms with E-state index in [0.29, 0.717) is 12.6 Å². The van der Waals surface area contributed by atoms with Crippen molar-refractivity contribution in [2.45, 2.75) is 44.2 Å². The molecule has 0 spiro atoms. The minimum Gasteiger partial charge on any atom is -0.374 e. The van der Waals surface area contributed by atoms with Gasteiger partial charge in [0.25, 0.3) is 0 Å². The van der Waals surface area contributed by atoms with E-state index < -0.39 is 0 Å². The molecule has 128 valence electrons. The number of fused-ring (bicyclic) bond motifs is 2. The van der Waals surface area contributed by atoms with Crippen molar-refractivity contribution in [3.05, 3.63) is 48.0 Å². The van der Waals surface area contributed by atoms with Crippen LogP contribution in [0.3, 0.4) is 0 Å². The van der Waals surface area contributed by atoms with E-state index in [2.05, 4.69) is 21.2 Å². The van der Waals surface area contributed by atoms with Crippen LogP contribution in [0.15, 0.2) is 36.9 Å². The molecular weight excluding hydrogens is 304 g/mol. The second kappa shape index (κ2) is 7.01. The Labute approximate surface area is 142 Å². The molecule has 24 heavy (non-hydrogen) atoms. The number of rotatable bonds is 5. The molecule has 2 aromatic heterocycles. The van der Waals surface area contributed by atoms with E-state index in [1.165, 1.54) is 5.56 Å². The maximum absolute atomic E-state index is 6.29. The SMILES string of the molecule is Cn1cc(CN2CCO[C@H]3CC[C@H]2[C@@H]3OCc2ccncc2)cn1. The summed E-state index contributed by atoms with van der Waals surface area (Å²) in [6.07, 6.45) is 10.2. The number of aromatic nitrogens is 3. The number of pyridine rings is 1. The van der Waals surface area contributed by atoms with Gasteiger partial charge in [-0.15, -0.1) is 0 Å². The summed E-state index contributed by atoms with van der Waals surface area (Å²) >= 11 is 0. The number of hydrogen-bond donors (Lipinski definition) is 0. The fourth-order valence-electron chi connectivity index (χ4n) is 3.84. The van der Waals surface area contributed by atoms with Crippen LogP contribution in [0, 0.1) is 0 Å². The van der Waals surface area contributed by atoms with Crippen molar-refractivity contribution >= 4 is 0 Å². The van der Waals surface area contributed by atoms with E-state index in [1.54, 1.807) is 0 Å². The molecule has 4 rings (SSSR count). The number of ether oxygens (including phenoxy) is 2. The summed E-state index contributed by atoms with van der Waals surface area (Å²) < 4.78 is 14.2. The molecule has 0 N–H and O–H groups in total. The maximum Gasteiger partial charge on any atom is 0.0995 e. The third-order valence-corrected chi connectivity index (χ3v) is 5.01. The molecule has 6 nitrogen and oxygen atoms in total. The second-order valence-electron chi connectivity index (χ2n) is 6.68. The topological polar surface area (TPSA) is 52.4 Å². The maximum atomic E-state index is 6.29. The van der Waals surface area contributed by atoms with E-state index in [0.717, 1.165) is 38.1 Å². The molecule has 0 unspecified atom stereocenters. The van der Waals surface area contributed by atoms with Gasteiger partial charge in [0.05, 0.1) is 31.6 Å². The molecular formula is C18H24N4O2. The summed E-state index contributed by atoms with van der Waals surface area (Å²) in [7, 11) is 1.96. The molecule has 0 radical (unpaired) electrons. The fourth-order valence-corrected chi connectivity index (χ4v) is 3.84. The summed E-state index contributed by atoms with van der Waals surface area (Å²) in [6.45, 7) is 3.25.